The van der Waals surface area contributed by atoms with E-state index in [4.69, 9.17) is 4.99 Å². The van der Waals surface area contributed by atoms with Gasteiger partial charge in [-0.2, -0.15) is 0 Å². The molecule has 1 aliphatic carbocycles. The zero-order valence-corrected chi connectivity index (χ0v) is 14.4. The molecule has 1 atom stereocenters. The van der Waals surface area contributed by atoms with E-state index < -0.39 is 0 Å². The lowest BCUT2D eigenvalue weighted by atomic mass is 9.75. The van der Waals surface area contributed by atoms with Crippen LogP contribution in [0.1, 0.15) is 46.0 Å². The predicted molar refractivity (Wildman–Crippen MR) is 90.6 cm³/mol. The summed E-state index contributed by atoms with van der Waals surface area (Å²) in [6, 6.07) is 0.497. The second kappa shape index (κ2) is 7.17. The van der Waals surface area contributed by atoms with Gasteiger partial charge in [-0.1, -0.05) is 44.9 Å². The third-order valence-corrected chi connectivity index (χ3v) is 5.94. The maximum atomic E-state index is 4.89. The lowest BCUT2D eigenvalue weighted by molar-refractivity contribution is 0.232. The zero-order chi connectivity index (χ0) is 14.6. The molecule has 3 nitrogen and oxygen atoms in total. The van der Waals surface area contributed by atoms with Crippen LogP contribution in [0.25, 0.3) is 0 Å². The van der Waals surface area contributed by atoms with Crippen LogP contribution in [0.5, 0.6) is 0 Å². The van der Waals surface area contributed by atoms with Gasteiger partial charge in [0, 0.05) is 24.9 Å². The first-order chi connectivity index (χ1) is 9.51. The number of rotatable bonds is 4. The summed E-state index contributed by atoms with van der Waals surface area (Å²) in [5.41, 5.74) is 0.531. The van der Waals surface area contributed by atoms with Crippen molar-refractivity contribution in [3.8, 4) is 0 Å². The highest BCUT2D eigenvalue weighted by atomic mass is 32.2. The summed E-state index contributed by atoms with van der Waals surface area (Å²) in [6.45, 7) is 6.70. The van der Waals surface area contributed by atoms with E-state index in [0.717, 1.165) is 13.1 Å². The van der Waals surface area contributed by atoms with E-state index in [1.807, 2.05) is 11.8 Å². The number of amidine groups is 1. The van der Waals surface area contributed by atoms with Crippen molar-refractivity contribution in [2.24, 2.45) is 16.3 Å². The fourth-order valence-corrected chi connectivity index (χ4v) is 4.43. The van der Waals surface area contributed by atoms with Crippen molar-refractivity contribution in [3.05, 3.63) is 0 Å². The number of likely N-dealkylation sites (N-methyl/N-ethyl adjacent to an activating group) is 1. The van der Waals surface area contributed by atoms with Gasteiger partial charge in [0.2, 0.25) is 0 Å². The Hall–Kier alpha value is -0.220. The van der Waals surface area contributed by atoms with E-state index >= 15 is 0 Å². The molecule has 4 heteroatoms. The molecule has 1 saturated carbocycles. The van der Waals surface area contributed by atoms with Gasteiger partial charge >= 0.3 is 0 Å². The summed E-state index contributed by atoms with van der Waals surface area (Å²) < 4.78 is 0. The van der Waals surface area contributed by atoms with Gasteiger partial charge in [-0.05, 0) is 38.3 Å². The molecule has 20 heavy (non-hydrogen) atoms. The normalized spacial score (nSPS) is 24.0. The molecule has 1 heterocycles. The van der Waals surface area contributed by atoms with E-state index in [1.54, 1.807) is 0 Å². The van der Waals surface area contributed by atoms with Crippen LogP contribution in [0.15, 0.2) is 4.99 Å². The van der Waals surface area contributed by atoms with Gasteiger partial charge < -0.3 is 10.2 Å². The van der Waals surface area contributed by atoms with Gasteiger partial charge in [-0.15, -0.1) is 0 Å². The fourth-order valence-electron chi connectivity index (χ4n) is 3.22. The Morgan fingerprint density at radius 3 is 2.45 bits per heavy atom. The van der Waals surface area contributed by atoms with Crippen LogP contribution in [0.4, 0.5) is 0 Å². The molecule has 1 spiro atoms. The first kappa shape index (κ1) is 16.2. The first-order valence-electron chi connectivity index (χ1n) is 8.09. The topological polar surface area (TPSA) is 27.6 Å². The molecule has 0 radical (unpaired) electrons. The monoisotopic (exact) mass is 297 g/mol. The van der Waals surface area contributed by atoms with E-state index in [-0.39, 0.29) is 0 Å². The second-order valence-electron chi connectivity index (χ2n) is 7.23. The Kier molecular flexibility index (Phi) is 5.79. The number of hydrogen-bond acceptors (Lipinski definition) is 4. The lowest BCUT2D eigenvalue weighted by Crippen LogP contribution is -2.46. The molecular formula is C16H31N3S. The van der Waals surface area contributed by atoms with Crippen molar-refractivity contribution >= 4 is 16.9 Å². The second-order valence-corrected chi connectivity index (χ2v) is 8.19. The van der Waals surface area contributed by atoms with Crippen LogP contribution >= 0.6 is 11.8 Å². The summed E-state index contributed by atoms with van der Waals surface area (Å²) in [5, 5.41) is 4.86. The third-order valence-electron chi connectivity index (χ3n) is 4.66. The summed E-state index contributed by atoms with van der Waals surface area (Å²) in [4.78, 5) is 7.14. The summed E-state index contributed by atoms with van der Waals surface area (Å²) >= 11 is 1.96. The highest BCUT2D eigenvalue weighted by Gasteiger charge is 2.35. The minimum atomic E-state index is 0.497. The SMILES string of the molecule is CC(C)C(CN(C)C)NC1=NCC2(CCCCC2)CS1. The van der Waals surface area contributed by atoms with Crippen molar-refractivity contribution in [1.29, 1.82) is 0 Å². The van der Waals surface area contributed by atoms with Gasteiger partial charge in [-0.3, -0.25) is 4.99 Å². The molecule has 0 aromatic carbocycles. The average Bonchev–Trinajstić information content (AvgIpc) is 2.41. The number of nitrogens with one attached hydrogen (secondary N) is 1. The molecule has 0 amide bonds. The lowest BCUT2D eigenvalue weighted by Gasteiger charge is -2.39. The Bertz CT molecular complexity index is 333. The Morgan fingerprint density at radius 1 is 1.25 bits per heavy atom. The van der Waals surface area contributed by atoms with E-state index in [0.29, 0.717) is 17.4 Å². The number of aliphatic imine (C=N–C) groups is 1. The molecule has 0 saturated heterocycles. The standard InChI is InChI=1S/C16H31N3S/c1-13(2)14(10-19(3)4)18-15-17-11-16(12-20-15)8-6-5-7-9-16/h13-14H,5-12H2,1-4H3,(H,17,18). The summed E-state index contributed by atoms with van der Waals surface area (Å²) in [6.07, 6.45) is 7.03. The van der Waals surface area contributed by atoms with Crippen LogP contribution in [-0.2, 0) is 0 Å². The number of thioether (sulfide) groups is 1. The van der Waals surface area contributed by atoms with Crippen LogP contribution in [0.2, 0.25) is 0 Å². The molecule has 1 aliphatic heterocycles. The van der Waals surface area contributed by atoms with Gasteiger partial charge in [0.1, 0.15) is 0 Å². The number of hydrogen-bond donors (Lipinski definition) is 1. The van der Waals surface area contributed by atoms with Crippen molar-refractivity contribution in [2.75, 3.05) is 32.9 Å². The largest absolute Gasteiger partial charge is 0.361 e. The summed E-state index contributed by atoms with van der Waals surface area (Å²) in [7, 11) is 4.29. The van der Waals surface area contributed by atoms with E-state index in [1.165, 1.54) is 43.0 Å². The van der Waals surface area contributed by atoms with Gasteiger partial charge in [0.15, 0.2) is 5.17 Å². The van der Waals surface area contributed by atoms with Crippen molar-refractivity contribution in [1.82, 2.24) is 10.2 Å². The molecule has 2 rings (SSSR count). The van der Waals surface area contributed by atoms with Crippen LogP contribution in [0.3, 0.4) is 0 Å². The van der Waals surface area contributed by atoms with Crippen molar-refractivity contribution in [2.45, 2.75) is 52.0 Å². The van der Waals surface area contributed by atoms with Crippen molar-refractivity contribution in [3.63, 3.8) is 0 Å². The van der Waals surface area contributed by atoms with Gasteiger partial charge in [0.25, 0.3) is 0 Å². The van der Waals surface area contributed by atoms with E-state index in [2.05, 4.69) is 38.2 Å². The zero-order valence-electron chi connectivity index (χ0n) is 13.6. The molecule has 116 valence electrons. The average molecular weight is 298 g/mol. The highest BCUT2D eigenvalue weighted by molar-refractivity contribution is 8.13. The van der Waals surface area contributed by atoms with Crippen molar-refractivity contribution < 1.29 is 0 Å². The minimum Gasteiger partial charge on any atom is -0.361 e. The Labute approximate surface area is 129 Å². The fraction of sp³-hybridized carbons (Fsp3) is 0.938. The molecule has 0 aromatic rings. The van der Waals surface area contributed by atoms with Gasteiger partial charge in [-0.25, -0.2) is 0 Å². The molecule has 1 unspecified atom stereocenters. The first-order valence-corrected chi connectivity index (χ1v) is 9.08. The quantitative estimate of drug-likeness (QED) is 0.863. The predicted octanol–water partition coefficient (Wildman–Crippen LogP) is 3.22. The number of nitrogens with zero attached hydrogens (tertiary/aromatic N) is 2. The maximum absolute atomic E-state index is 4.89. The minimum absolute atomic E-state index is 0.497. The smallest absolute Gasteiger partial charge is 0.156 e. The molecule has 2 aliphatic rings. The van der Waals surface area contributed by atoms with Crippen LogP contribution in [0, 0.1) is 11.3 Å². The molecule has 1 fully saturated rings. The molecule has 0 aromatic heterocycles. The highest BCUT2D eigenvalue weighted by Crippen LogP contribution is 2.41. The maximum Gasteiger partial charge on any atom is 0.156 e. The Balaban J connectivity index is 1.90. The van der Waals surface area contributed by atoms with E-state index in [9.17, 15) is 0 Å². The van der Waals surface area contributed by atoms with Gasteiger partial charge in [0.05, 0.1) is 0 Å². The van der Waals surface area contributed by atoms with Crippen LogP contribution < -0.4 is 5.32 Å². The Morgan fingerprint density at radius 2 is 1.95 bits per heavy atom. The van der Waals surface area contributed by atoms with Crippen LogP contribution in [-0.4, -0.2) is 49.0 Å². The molecule has 1 N–H and O–H groups in total. The third kappa shape index (κ3) is 4.39. The molecule has 0 bridgehead atoms. The summed E-state index contributed by atoms with van der Waals surface area (Å²) in [5.74, 6) is 1.90. The molecular weight excluding hydrogens is 266 g/mol.